The number of hydrogen-bond donors (Lipinski definition) is 1. The van der Waals surface area contributed by atoms with Gasteiger partial charge in [-0.05, 0) is 35.4 Å². The fraction of sp³-hybridized carbons (Fsp3) is 0.125. The molecule has 0 amide bonds. The van der Waals surface area contributed by atoms with Crippen molar-refractivity contribution in [1.82, 2.24) is 14.8 Å². The van der Waals surface area contributed by atoms with Crippen molar-refractivity contribution < 1.29 is 9.94 Å². The Labute approximate surface area is 132 Å². The van der Waals surface area contributed by atoms with Gasteiger partial charge in [0.2, 0.25) is 0 Å². The average Bonchev–Trinajstić information content (AvgIpc) is 3.08. The number of ether oxygens (including phenoxy) is 1. The van der Waals surface area contributed by atoms with Crippen LogP contribution in [0.15, 0.2) is 55.1 Å². The van der Waals surface area contributed by atoms with Crippen LogP contribution in [-0.2, 0) is 6.54 Å². The van der Waals surface area contributed by atoms with E-state index in [4.69, 9.17) is 9.94 Å². The summed E-state index contributed by atoms with van der Waals surface area (Å²) >= 11 is 0. The smallest absolute Gasteiger partial charge is 0.126 e. The van der Waals surface area contributed by atoms with Crippen molar-refractivity contribution in [3.8, 4) is 16.9 Å². The second kappa shape index (κ2) is 6.47. The highest BCUT2D eigenvalue weighted by Gasteiger charge is 2.09. The highest BCUT2D eigenvalue weighted by Crippen LogP contribution is 2.33. The molecule has 7 nitrogen and oxygen atoms in total. The Kier molecular flexibility index (Phi) is 4.22. The first kappa shape index (κ1) is 15.0. The third-order valence-corrected chi connectivity index (χ3v) is 3.47. The monoisotopic (exact) mass is 311 g/mol. The average molecular weight is 311 g/mol. The molecule has 0 radical (unpaired) electrons. The summed E-state index contributed by atoms with van der Waals surface area (Å²) in [5.74, 6) is 0.685. The molecule has 0 aliphatic rings. The molecule has 1 aromatic heterocycles. The van der Waals surface area contributed by atoms with Gasteiger partial charge in [-0.2, -0.15) is 0 Å². The largest absolute Gasteiger partial charge is 0.733 e. The van der Waals surface area contributed by atoms with Crippen LogP contribution in [0, 0.1) is 5.21 Å². The molecule has 0 fully saturated rings. The normalized spacial score (nSPS) is 10.6. The highest BCUT2D eigenvalue weighted by molar-refractivity contribution is 5.74. The quantitative estimate of drug-likeness (QED) is 0.729. The van der Waals surface area contributed by atoms with Crippen molar-refractivity contribution in [1.29, 1.82) is 0 Å². The van der Waals surface area contributed by atoms with Crippen LogP contribution in [0.3, 0.4) is 0 Å². The Bertz CT molecular complexity index is 788. The summed E-state index contributed by atoms with van der Waals surface area (Å²) in [6.07, 6.45) is 3.29. The van der Waals surface area contributed by atoms with Crippen LogP contribution in [0.1, 0.15) is 5.56 Å². The Morgan fingerprint density at radius 2 is 1.96 bits per heavy atom. The van der Waals surface area contributed by atoms with Gasteiger partial charge in [0.05, 0.1) is 19.3 Å². The second-order valence-electron chi connectivity index (χ2n) is 4.99. The van der Waals surface area contributed by atoms with E-state index in [0.29, 0.717) is 12.3 Å². The van der Waals surface area contributed by atoms with Crippen molar-refractivity contribution in [2.45, 2.75) is 6.54 Å². The molecule has 0 unspecified atom stereocenters. The molecule has 0 saturated carbocycles. The summed E-state index contributed by atoms with van der Waals surface area (Å²) < 4.78 is 7.26. The fourth-order valence-corrected chi connectivity index (χ4v) is 2.39. The zero-order chi connectivity index (χ0) is 16.2. The van der Waals surface area contributed by atoms with Crippen LogP contribution in [0.25, 0.3) is 11.1 Å². The van der Waals surface area contributed by atoms with E-state index in [2.05, 4.69) is 10.2 Å². The fourth-order valence-electron chi connectivity index (χ4n) is 2.39. The van der Waals surface area contributed by atoms with Crippen molar-refractivity contribution in [2.24, 2.45) is 0 Å². The predicted octanol–water partition coefficient (Wildman–Crippen LogP) is 2.70. The highest BCUT2D eigenvalue weighted by atomic mass is 16.8. The molecule has 0 saturated heterocycles. The van der Waals surface area contributed by atoms with E-state index >= 15 is 0 Å². The van der Waals surface area contributed by atoms with Gasteiger partial charge in [-0.25, -0.2) is 0 Å². The Morgan fingerprint density at radius 1 is 1.17 bits per heavy atom. The summed E-state index contributed by atoms with van der Waals surface area (Å²) in [5, 5.41) is 27.6. The minimum absolute atomic E-state index is 0.156. The summed E-state index contributed by atoms with van der Waals surface area (Å²) in [5.41, 5.74) is 2.81. The lowest BCUT2D eigenvalue weighted by atomic mass is 10.0. The van der Waals surface area contributed by atoms with Gasteiger partial charge in [0.15, 0.2) is 0 Å². The number of hydrogen-bond acceptors (Lipinski definition) is 6. The molecular weight excluding hydrogens is 296 g/mol. The topological polar surface area (TPSA) is 86.5 Å². The molecule has 3 aromatic rings. The van der Waals surface area contributed by atoms with Crippen LogP contribution in [-0.4, -0.2) is 27.1 Å². The molecule has 0 aliphatic carbocycles. The van der Waals surface area contributed by atoms with Crippen LogP contribution in [0.4, 0.5) is 5.69 Å². The van der Waals surface area contributed by atoms with E-state index in [9.17, 15) is 5.21 Å². The summed E-state index contributed by atoms with van der Waals surface area (Å²) in [6, 6.07) is 12.5. The molecular formula is C16H15N4O3-. The zero-order valence-electron chi connectivity index (χ0n) is 12.5. The molecule has 23 heavy (non-hydrogen) atoms. The van der Waals surface area contributed by atoms with E-state index in [1.807, 2.05) is 28.8 Å². The number of aromatic nitrogens is 3. The van der Waals surface area contributed by atoms with Gasteiger partial charge in [-0.3, -0.25) is 5.21 Å². The van der Waals surface area contributed by atoms with Crippen molar-refractivity contribution in [2.75, 3.05) is 12.3 Å². The van der Waals surface area contributed by atoms with E-state index in [-0.39, 0.29) is 10.9 Å². The first-order valence-corrected chi connectivity index (χ1v) is 6.93. The molecule has 0 atom stereocenters. The lowest BCUT2D eigenvalue weighted by molar-refractivity contribution is 0.296. The third kappa shape index (κ3) is 3.31. The standard InChI is InChI=1S/C16H15N4O3/c1-23-16-6-5-12(9-19-10-17-18-11-19)7-15(16)13-3-2-4-14(8-13)20(21)22/h2-8,10-11,21H,9H2,1H3/q-1. The van der Waals surface area contributed by atoms with Crippen molar-refractivity contribution in [3.05, 3.63) is 65.9 Å². The molecule has 3 rings (SSSR count). The molecule has 1 N–H and O–H groups in total. The number of anilines is 1. The molecule has 7 heteroatoms. The maximum atomic E-state index is 11.1. The van der Waals surface area contributed by atoms with Gasteiger partial charge in [-0.1, -0.05) is 18.2 Å². The van der Waals surface area contributed by atoms with Gasteiger partial charge in [0, 0.05) is 5.56 Å². The molecule has 2 aromatic carbocycles. The number of benzene rings is 2. The molecule has 0 spiro atoms. The minimum Gasteiger partial charge on any atom is -0.733 e. The molecule has 118 valence electrons. The van der Waals surface area contributed by atoms with E-state index < -0.39 is 0 Å². The third-order valence-electron chi connectivity index (χ3n) is 3.47. The first-order chi connectivity index (χ1) is 11.2. The van der Waals surface area contributed by atoms with E-state index in [1.165, 1.54) is 6.07 Å². The van der Waals surface area contributed by atoms with Crippen LogP contribution in [0.2, 0.25) is 0 Å². The van der Waals surface area contributed by atoms with E-state index in [0.717, 1.165) is 16.7 Å². The minimum atomic E-state index is -0.156. The SMILES string of the molecule is COc1ccc(Cn2cnnc2)cc1-c1cccc(N([O-])O)c1. The lowest BCUT2D eigenvalue weighted by Gasteiger charge is -2.22. The Hall–Kier alpha value is -2.90. The Balaban J connectivity index is 2.00. The lowest BCUT2D eigenvalue weighted by Crippen LogP contribution is -2.06. The van der Waals surface area contributed by atoms with Gasteiger partial charge in [0.25, 0.3) is 0 Å². The number of methoxy groups -OCH3 is 1. The maximum Gasteiger partial charge on any atom is 0.126 e. The van der Waals surface area contributed by atoms with Crippen molar-refractivity contribution >= 4 is 5.69 Å². The number of nitrogens with zero attached hydrogens (tertiary/aromatic N) is 4. The maximum absolute atomic E-state index is 11.1. The van der Waals surface area contributed by atoms with Crippen LogP contribution < -0.4 is 9.96 Å². The molecule has 0 aliphatic heterocycles. The summed E-state index contributed by atoms with van der Waals surface area (Å²) in [7, 11) is 1.59. The molecule has 0 bridgehead atoms. The van der Waals surface area contributed by atoms with Crippen molar-refractivity contribution in [3.63, 3.8) is 0 Å². The van der Waals surface area contributed by atoms with Crippen LogP contribution >= 0.6 is 0 Å². The van der Waals surface area contributed by atoms with Gasteiger partial charge < -0.3 is 19.7 Å². The summed E-state index contributed by atoms with van der Waals surface area (Å²) in [4.78, 5) is 0. The summed E-state index contributed by atoms with van der Waals surface area (Å²) in [6.45, 7) is 0.622. The predicted molar refractivity (Wildman–Crippen MR) is 85.2 cm³/mol. The van der Waals surface area contributed by atoms with Gasteiger partial charge in [0.1, 0.15) is 18.4 Å². The van der Waals surface area contributed by atoms with Gasteiger partial charge >= 0.3 is 0 Å². The van der Waals surface area contributed by atoms with Gasteiger partial charge in [-0.15, -0.1) is 10.2 Å². The Morgan fingerprint density at radius 3 is 2.65 bits per heavy atom. The first-order valence-electron chi connectivity index (χ1n) is 6.93. The second-order valence-corrected chi connectivity index (χ2v) is 4.99. The molecule has 1 heterocycles. The van der Waals surface area contributed by atoms with Crippen LogP contribution in [0.5, 0.6) is 5.75 Å². The number of rotatable bonds is 5. The zero-order valence-corrected chi connectivity index (χ0v) is 12.5. The van der Waals surface area contributed by atoms with E-state index in [1.54, 1.807) is 31.9 Å².